The van der Waals surface area contributed by atoms with Crippen LogP contribution in [0.3, 0.4) is 0 Å². The molecule has 2 unspecified atom stereocenters. The molecule has 3 N–H and O–H groups in total. The fourth-order valence-electron chi connectivity index (χ4n) is 3.47. The molecule has 2 aromatic carbocycles. The number of fused-ring (bicyclic) bond motifs is 1. The second kappa shape index (κ2) is 8.54. The minimum absolute atomic E-state index is 0.355. The van der Waals surface area contributed by atoms with Crippen LogP contribution in [0.15, 0.2) is 48.5 Å². The quantitative estimate of drug-likeness (QED) is 0.731. The van der Waals surface area contributed by atoms with Crippen molar-refractivity contribution in [1.82, 2.24) is 10.2 Å². The highest BCUT2D eigenvalue weighted by Crippen LogP contribution is 2.20. The summed E-state index contributed by atoms with van der Waals surface area (Å²) >= 11 is 0. The van der Waals surface area contributed by atoms with Crippen LogP contribution in [0, 0.1) is 6.92 Å². The lowest BCUT2D eigenvalue weighted by Gasteiger charge is -2.31. The third kappa shape index (κ3) is 4.40. The average Bonchev–Trinajstić information content (AvgIpc) is 2.71. The van der Waals surface area contributed by atoms with E-state index in [0.29, 0.717) is 19.5 Å². The zero-order valence-corrected chi connectivity index (χ0v) is 16.1. The van der Waals surface area contributed by atoms with Crippen LogP contribution in [-0.2, 0) is 22.6 Å². The molecular weight excluding hydrogens is 356 g/mol. The number of aliphatic hydroxyl groups excluding tert-OH is 2. The normalized spacial score (nSPS) is 16.6. The molecule has 0 saturated heterocycles. The lowest BCUT2D eigenvalue weighted by Crippen LogP contribution is -2.51. The SMILES string of the molecule is Cc1cccc([C@H](C)NC(=O)C(O)C(O)C(=O)N2CCc3ccccc3C2)c1. The molecule has 3 rings (SSSR count). The fraction of sp³-hybridized carbons (Fsp3) is 0.364. The standard InChI is InChI=1S/C22H26N2O4/c1-14-6-5-9-17(12-14)15(2)23-21(27)19(25)20(26)22(28)24-11-10-16-7-3-4-8-18(16)13-24/h3-9,12,15,19-20,25-26H,10-11,13H2,1-2H3,(H,23,27)/t15-,19?,20?/m0/s1. The van der Waals surface area contributed by atoms with Gasteiger partial charge in [-0.15, -0.1) is 0 Å². The van der Waals surface area contributed by atoms with Crippen molar-refractivity contribution in [2.45, 2.75) is 45.1 Å². The van der Waals surface area contributed by atoms with Gasteiger partial charge in [-0.05, 0) is 37.0 Å². The van der Waals surface area contributed by atoms with Gasteiger partial charge in [0.15, 0.2) is 12.2 Å². The average molecular weight is 382 g/mol. The molecule has 0 fully saturated rings. The van der Waals surface area contributed by atoms with Crippen LogP contribution in [0.1, 0.15) is 35.2 Å². The zero-order chi connectivity index (χ0) is 20.3. The largest absolute Gasteiger partial charge is 0.380 e. The van der Waals surface area contributed by atoms with E-state index in [1.54, 1.807) is 6.92 Å². The monoisotopic (exact) mass is 382 g/mol. The summed E-state index contributed by atoms with van der Waals surface area (Å²) in [5, 5.41) is 23.2. The van der Waals surface area contributed by atoms with Gasteiger partial charge in [0.2, 0.25) is 0 Å². The zero-order valence-electron chi connectivity index (χ0n) is 16.1. The van der Waals surface area contributed by atoms with Gasteiger partial charge in [-0.3, -0.25) is 9.59 Å². The number of aliphatic hydroxyl groups is 2. The van der Waals surface area contributed by atoms with Crippen molar-refractivity contribution in [3.63, 3.8) is 0 Å². The minimum Gasteiger partial charge on any atom is -0.380 e. The van der Waals surface area contributed by atoms with E-state index in [0.717, 1.165) is 16.7 Å². The van der Waals surface area contributed by atoms with Gasteiger partial charge >= 0.3 is 0 Å². The Balaban J connectivity index is 1.61. The number of rotatable bonds is 5. The van der Waals surface area contributed by atoms with Crippen LogP contribution >= 0.6 is 0 Å². The summed E-state index contributed by atoms with van der Waals surface area (Å²) in [5.74, 6) is -1.41. The number of carbonyl (C=O) groups excluding carboxylic acids is 2. The van der Waals surface area contributed by atoms with E-state index in [-0.39, 0.29) is 6.04 Å². The summed E-state index contributed by atoms with van der Waals surface area (Å²) in [6.07, 6.45) is -2.94. The third-order valence-electron chi connectivity index (χ3n) is 5.16. The second-order valence-corrected chi connectivity index (χ2v) is 7.31. The van der Waals surface area contributed by atoms with Crippen molar-refractivity contribution in [3.05, 3.63) is 70.8 Å². The van der Waals surface area contributed by atoms with E-state index in [2.05, 4.69) is 5.32 Å². The van der Waals surface area contributed by atoms with Crippen LogP contribution in [-0.4, -0.2) is 45.7 Å². The molecule has 6 nitrogen and oxygen atoms in total. The first kappa shape index (κ1) is 20.0. The summed E-state index contributed by atoms with van der Waals surface area (Å²) in [7, 11) is 0. The highest BCUT2D eigenvalue weighted by Gasteiger charge is 2.35. The molecule has 1 heterocycles. The smallest absolute Gasteiger partial charge is 0.255 e. The van der Waals surface area contributed by atoms with E-state index in [1.165, 1.54) is 10.5 Å². The van der Waals surface area contributed by atoms with Crippen LogP contribution in [0.2, 0.25) is 0 Å². The van der Waals surface area contributed by atoms with E-state index in [1.807, 2.05) is 55.5 Å². The van der Waals surface area contributed by atoms with Gasteiger partial charge in [0, 0.05) is 13.1 Å². The first-order valence-corrected chi connectivity index (χ1v) is 9.45. The lowest BCUT2D eigenvalue weighted by molar-refractivity contribution is -0.154. The van der Waals surface area contributed by atoms with Gasteiger partial charge < -0.3 is 20.4 Å². The number of aryl methyl sites for hydroxylation is 1. The highest BCUT2D eigenvalue weighted by atomic mass is 16.3. The molecule has 6 heteroatoms. The minimum atomic E-state index is -1.82. The Kier molecular flexibility index (Phi) is 6.11. The molecular formula is C22H26N2O4. The van der Waals surface area contributed by atoms with E-state index >= 15 is 0 Å². The molecule has 1 aliphatic rings. The van der Waals surface area contributed by atoms with Gasteiger partial charge in [-0.2, -0.15) is 0 Å². The maximum absolute atomic E-state index is 12.6. The molecule has 2 amide bonds. The number of hydrogen-bond donors (Lipinski definition) is 3. The number of carbonyl (C=O) groups is 2. The van der Waals surface area contributed by atoms with Crippen LogP contribution in [0.25, 0.3) is 0 Å². The van der Waals surface area contributed by atoms with Gasteiger partial charge in [0.25, 0.3) is 11.8 Å². The van der Waals surface area contributed by atoms with Gasteiger partial charge in [0.1, 0.15) is 0 Å². The Morgan fingerprint density at radius 2 is 1.75 bits per heavy atom. The number of hydrogen-bond acceptors (Lipinski definition) is 4. The van der Waals surface area contributed by atoms with Gasteiger partial charge in [-0.1, -0.05) is 54.1 Å². The Morgan fingerprint density at radius 3 is 2.46 bits per heavy atom. The van der Waals surface area contributed by atoms with Crippen LogP contribution < -0.4 is 5.32 Å². The van der Waals surface area contributed by atoms with E-state index in [9.17, 15) is 19.8 Å². The molecule has 0 spiro atoms. The second-order valence-electron chi connectivity index (χ2n) is 7.31. The Bertz CT molecular complexity index is 867. The van der Waals surface area contributed by atoms with E-state index < -0.39 is 24.0 Å². The fourth-order valence-corrected chi connectivity index (χ4v) is 3.47. The highest BCUT2D eigenvalue weighted by molar-refractivity contribution is 5.91. The Morgan fingerprint density at radius 1 is 1.04 bits per heavy atom. The number of benzene rings is 2. The van der Waals surface area contributed by atoms with Crippen molar-refractivity contribution in [3.8, 4) is 0 Å². The maximum atomic E-state index is 12.6. The van der Waals surface area contributed by atoms with Gasteiger partial charge in [-0.25, -0.2) is 0 Å². The van der Waals surface area contributed by atoms with Crippen molar-refractivity contribution in [1.29, 1.82) is 0 Å². The third-order valence-corrected chi connectivity index (χ3v) is 5.16. The van der Waals surface area contributed by atoms with Crippen molar-refractivity contribution < 1.29 is 19.8 Å². The molecule has 0 saturated carbocycles. The number of nitrogens with zero attached hydrogens (tertiary/aromatic N) is 1. The summed E-state index contributed by atoms with van der Waals surface area (Å²) < 4.78 is 0. The molecule has 2 aromatic rings. The Labute approximate surface area is 164 Å². The summed E-state index contributed by atoms with van der Waals surface area (Å²) in [4.78, 5) is 26.4. The Hall–Kier alpha value is -2.70. The van der Waals surface area contributed by atoms with E-state index in [4.69, 9.17) is 0 Å². The summed E-state index contributed by atoms with van der Waals surface area (Å²) in [5.41, 5.74) is 4.13. The van der Waals surface area contributed by atoms with Crippen LogP contribution in [0.5, 0.6) is 0 Å². The first-order chi connectivity index (χ1) is 13.4. The molecule has 0 aliphatic carbocycles. The van der Waals surface area contributed by atoms with Crippen molar-refractivity contribution in [2.75, 3.05) is 6.54 Å². The molecule has 0 radical (unpaired) electrons. The maximum Gasteiger partial charge on any atom is 0.255 e. The molecule has 3 atom stereocenters. The van der Waals surface area contributed by atoms with Gasteiger partial charge in [0.05, 0.1) is 6.04 Å². The molecule has 148 valence electrons. The predicted molar refractivity (Wildman–Crippen MR) is 105 cm³/mol. The summed E-state index contributed by atoms with van der Waals surface area (Å²) in [6.45, 7) is 4.54. The van der Waals surface area contributed by atoms with Crippen molar-refractivity contribution in [2.24, 2.45) is 0 Å². The molecule has 28 heavy (non-hydrogen) atoms. The van der Waals surface area contributed by atoms with Crippen molar-refractivity contribution >= 4 is 11.8 Å². The topological polar surface area (TPSA) is 89.9 Å². The number of amides is 2. The van der Waals surface area contributed by atoms with Crippen LogP contribution in [0.4, 0.5) is 0 Å². The lowest BCUT2D eigenvalue weighted by atomic mass is 9.99. The predicted octanol–water partition coefficient (Wildman–Crippen LogP) is 1.48. The molecule has 0 bridgehead atoms. The summed E-state index contributed by atoms with van der Waals surface area (Å²) in [6, 6.07) is 15.1. The molecule has 1 aliphatic heterocycles. The molecule has 0 aromatic heterocycles. The first-order valence-electron chi connectivity index (χ1n) is 9.45. The number of nitrogens with one attached hydrogen (secondary N) is 1.